The molecule has 0 saturated carbocycles. The molecule has 0 amide bonds. The predicted octanol–water partition coefficient (Wildman–Crippen LogP) is 11.5. The van der Waals surface area contributed by atoms with Crippen LogP contribution >= 0.6 is 7.82 Å². The van der Waals surface area contributed by atoms with Crippen molar-refractivity contribution in [2.45, 2.75) is 148 Å². The Balaban J connectivity index is 4.68. The Morgan fingerprint density at radius 3 is 1.61 bits per heavy atom. The van der Waals surface area contributed by atoms with Crippen LogP contribution in [-0.2, 0) is 32.7 Å². The minimum Gasteiger partial charge on any atom is -0.756 e. The average Bonchev–Trinajstić information content (AvgIpc) is 3.21. The van der Waals surface area contributed by atoms with Crippen molar-refractivity contribution in [2.24, 2.45) is 0 Å². The van der Waals surface area contributed by atoms with E-state index in [0.29, 0.717) is 30.3 Å². The summed E-state index contributed by atoms with van der Waals surface area (Å²) in [6.45, 7) is 3.83. The van der Waals surface area contributed by atoms with E-state index in [9.17, 15) is 24.2 Å². The van der Waals surface area contributed by atoms with Crippen LogP contribution < -0.4 is 4.89 Å². The Morgan fingerprint density at radius 1 is 0.607 bits per heavy atom. The maximum absolute atomic E-state index is 12.7. The Hall–Kier alpha value is -3.37. The van der Waals surface area contributed by atoms with Crippen LogP contribution in [-0.4, -0.2) is 81.2 Å². The van der Waals surface area contributed by atoms with Gasteiger partial charge in [0.1, 0.15) is 19.8 Å². The van der Waals surface area contributed by atoms with Crippen molar-refractivity contribution in [3.63, 3.8) is 0 Å². The molecule has 0 aromatic heterocycles. The summed E-state index contributed by atoms with van der Waals surface area (Å²) in [5.74, 6) is -1.15. The zero-order valence-corrected chi connectivity index (χ0v) is 39.3. The number of aliphatic hydroxyl groups excluding tert-OH is 1. The number of nitrogens with zero attached hydrogens (tertiary/aromatic N) is 1. The molecule has 10 nitrogen and oxygen atoms in total. The van der Waals surface area contributed by atoms with Gasteiger partial charge < -0.3 is 33.0 Å². The van der Waals surface area contributed by atoms with Gasteiger partial charge in [-0.05, 0) is 83.5 Å². The number of aliphatic hydroxyl groups is 1. The van der Waals surface area contributed by atoms with Gasteiger partial charge >= 0.3 is 11.9 Å². The highest BCUT2D eigenvalue weighted by Gasteiger charge is 2.21. The van der Waals surface area contributed by atoms with Crippen LogP contribution in [0.25, 0.3) is 0 Å². The van der Waals surface area contributed by atoms with E-state index in [1.165, 1.54) is 44.9 Å². The molecule has 1 N–H and O–H groups in total. The smallest absolute Gasteiger partial charge is 0.306 e. The zero-order valence-electron chi connectivity index (χ0n) is 38.4. The highest BCUT2D eigenvalue weighted by atomic mass is 31.2. The first-order valence-electron chi connectivity index (χ1n) is 22.7. The second-order valence-corrected chi connectivity index (χ2v) is 17.3. The van der Waals surface area contributed by atoms with E-state index in [4.69, 9.17) is 18.5 Å². The fourth-order valence-corrected chi connectivity index (χ4v) is 6.00. The van der Waals surface area contributed by atoms with Gasteiger partial charge in [0.2, 0.25) is 0 Å². The minimum absolute atomic E-state index is 0.0263. The molecule has 11 heteroatoms. The first kappa shape index (κ1) is 57.6. The summed E-state index contributed by atoms with van der Waals surface area (Å²) in [4.78, 5) is 37.6. The van der Waals surface area contributed by atoms with Crippen LogP contribution in [0.3, 0.4) is 0 Å². The number of quaternary nitrogens is 1. The third-order valence-electron chi connectivity index (χ3n) is 8.88. The first-order valence-corrected chi connectivity index (χ1v) is 24.2. The summed E-state index contributed by atoms with van der Waals surface area (Å²) >= 11 is 0. The number of rotatable bonds is 39. The minimum atomic E-state index is -4.70. The molecule has 0 saturated heterocycles. The van der Waals surface area contributed by atoms with Gasteiger partial charge in [0.15, 0.2) is 6.10 Å². The van der Waals surface area contributed by atoms with Crippen LogP contribution in [0, 0.1) is 0 Å². The molecule has 0 aliphatic heterocycles. The molecule has 0 fully saturated rings. The Bertz CT molecular complexity index is 1420. The van der Waals surface area contributed by atoms with Gasteiger partial charge in [-0.15, -0.1) is 0 Å². The van der Waals surface area contributed by atoms with E-state index >= 15 is 0 Å². The van der Waals surface area contributed by atoms with Crippen LogP contribution in [0.15, 0.2) is 109 Å². The number of phosphoric ester groups is 1. The number of hydrogen-bond acceptors (Lipinski definition) is 9. The quantitative estimate of drug-likeness (QED) is 0.0160. The van der Waals surface area contributed by atoms with Gasteiger partial charge in [-0.2, -0.15) is 0 Å². The van der Waals surface area contributed by atoms with E-state index in [2.05, 4.69) is 86.8 Å². The van der Waals surface area contributed by atoms with E-state index < -0.39 is 38.6 Å². The third-order valence-corrected chi connectivity index (χ3v) is 9.85. The van der Waals surface area contributed by atoms with Crippen molar-refractivity contribution in [3.05, 3.63) is 109 Å². The van der Waals surface area contributed by atoms with Gasteiger partial charge in [-0.25, -0.2) is 0 Å². The van der Waals surface area contributed by atoms with Crippen molar-refractivity contribution < 1.29 is 47.2 Å². The zero-order chi connectivity index (χ0) is 45.1. The summed E-state index contributed by atoms with van der Waals surface area (Å²) in [5.41, 5.74) is 0. The fraction of sp³-hybridized carbons (Fsp3) is 0.600. The van der Waals surface area contributed by atoms with Crippen molar-refractivity contribution in [1.29, 1.82) is 0 Å². The summed E-state index contributed by atoms with van der Waals surface area (Å²) < 4.78 is 33.6. The van der Waals surface area contributed by atoms with E-state index in [1.54, 1.807) is 12.2 Å². The standard InChI is InChI=1S/C50H82NO9P/c1-6-8-10-12-14-16-18-20-21-22-23-24-25-27-29-31-33-35-37-41-50(54)60-48(46-59-61(55,56)58-44-43-51(3,4)5)45-57-49(53)42-38-40-47(52)39-36-34-32-30-28-26-19-17-15-13-11-9-7-2/h14-17,20-21,23-24,26-29,32-36,39,47-48,52H,6-13,18-19,22,25,30-31,37-38,40-46H2,1-5H3/b16-14-,17-15-,21-20-,24-23-,28-26-,29-27-,34-32-,35-33-,39-36+/t47-,48-/m1/s1. The molecular formula is C50H82NO9P. The molecule has 0 bridgehead atoms. The molecule has 61 heavy (non-hydrogen) atoms. The van der Waals surface area contributed by atoms with Crippen molar-refractivity contribution in [1.82, 2.24) is 0 Å². The molecular weight excluding hydrogens is 790 g/mol. The Kier molecular flexibility index (Phi) is 38.4. The summed E-state index contributed by atoms with van der Waals surface area (Å²) in [6, 6.07) is 0. The van der Waals surface area contributed by atoms with Crippen molar-refractivity contribution in [2.75, 3.05) is 47.5 Å². The second-order valence-electron chi connectivity index (χ2n) is 15.9. The van der Waals surface area contributed by atoms with E-state index in [-0.39, 0.29) is 26.1 Å². The SMILES string of the molecule is CCCCC/C=C\C/C=C\C/C=C\C=C\[C@@H](O)CCCC(=O)OC[C@H](COP(=O)([O-])OCC[N+](C)(C)C)OC(=O)CC/C=C\C/C=C\C/C=C\C/C=C\C/C=C\CCCCC. The molecule has 0 radical (unpaired) electrons. The number of carbonyl (C=O) groups is 2. The van der Waals surface area contributed by atoms with Crippen molar-refractivity contribution >= 4 is 19.8 Å². The molecule has 3 atom stereocenters. The van der Waals surface area contributed by atoms with E-state index in [0.717, 1.165) is 44.9 Å². The number of unbranched alkanes of at least 4 members (excludes halogenated alkanes) is 6. The number of likely N-dealkylation sites (N-methyl/N-ethyl adjacent to an activating group) is 1. The number of ether oxygens (including phenoxy) is 2. The topological polar surface area (TPSA) is 131 Å². The van der Waals surface area contributed by atoms with Gasteiger partial charge in [0.05, 0.1) is 33.9 Å². The predicted molar refractivity (Wildman–Crippen MR) is 251 cm³/mol. The molecule has 1 unspecified atom stereocenters. The highest BCUT2D eigenvalue weighted by Crippen LogP contribution is 2.38. The molecule has 0 aliphatic rings. The fourth-order valence-electron chi connectivity index (χ4n) is 5.27. The lowest BCUT2D eigenvalue weighted by molar-refractivity contribution is -0.870. The lowest BCUT2D eigenvalue weighted by Crippen LogP contribution is -2.37. The van der Waals surface area contributed by atoms with Gasteiger partial charge in [0.25, 0.3) is 7.82 Å². The second kappa shape index (κ2) is 40.7. The van der Waals surface area contributed by atoms with Gasteiger partial charge in [-0.3, -0.25) is 14.2 Å². The molecule has 0 aromatic rings. The largest absolute Gasteiger partial charge is 0.756 e. The Morgan fingerprint density at radius 2 is 1.10 bits per heavy atom. The monoisotopic (exact) mass is 872 g/mol. The number of allylic oxidation sites excluding steroid dienone is 17. The maximum Gasteiger partial charge on any atom is 0.306 e. The highest BCUT2D eigenvalue weighted by molar-refractivity contribution is 7.45. The summed E-state index contributed by atoms with van der Waals surface area (Å²) in [6.07, 6.45) is 51.6. The number of carbonyl (C=O) groups excluding carboxylic acids is 2. The van der Waals surface area contributed by atoms with Gasteiger partial charge in [0, 0.05) is 12.8 Å². The molecule has 0 aliphatic carbocycles. The molecule has 0 aromatic carbocycles. The van der Waals surface area contributed by atoms with E-state index in [1.807, 2.05) is 45.4 Å². The first-order chi connectivity index (χ1) is 29.4. The van der Waals surface area contributed by atoms with Crippen molar-refractivity contribution in [3.8, 4) is 0 Å². The third kappa shape index (κ3) is 44.5. The molecule has 0 rings (SSSR count). The lowest BCUT2D eigenvalue weighted by atomic mass is 10.1. The number of phosphoric acid groups is 1. The average molecular weight is 872 g/mol. The van der Waals surface area contributed by atoms with Crippen LogP contribution in [0.4, 0.5) is 0 Å². The number of hydrogen-bond donors (Lipinski definition) is 1. The Labute approximate surface area is 370 Å². The molecule has 346 valence electrons. The van der Waals surface area contributed by atoms with Gasteiger partial charge in [-0.1, -0.05) is 149 Å². The molecule has 0 heterocycles. The van der Waals surface area contributed by atoms with Crippen LogP contribution in [0.2, 0.25) is 0 Å². The maximum atomic E-state index is 12.7. The summed E-state index contributed by atoms with van der Waals surface area (Å²) in [7, 11) is 0.999. The number of esters is 2. The van der Waals surface area contributed by atoms with Crippen LogP contribution in [0.5, 0.6) is 0 Å². The lowest BCUT2D eigenvalue weighted by Gasteiger charge is -2.28. The summed E-state index contributed by atoms with van der Waals surface area (Å²) in [5, 5.41) is 10.3. The molecule has 0 spiro atoms. The van der Waals surface area contributed by atoms with Crippen LogP contribution in [0.1, 0.15) is 136 Å². The normalized spacial score (nSPS) is 15.1.